The zero-order valence-electron chi connectivity index (χ0n) is 11.0. The molecule has 3 rings (SSSR count). The highest BCUT2D eigenvalue weighted by Gasteiger charge is 2.67. The minimum Gasteiger partial charge on any atom is -0.365 e. The van der Waals surface area contributed by atoms with E-state index in [1.807, 2.05) is 0 Å². The number of ether oxygens (including phenoxy) is 1. The summed E-state index contributed by atoms with van der Waals surface area (Å²) in [6, 6.07) is 0. The highest BCUT2D eigenvalue weighted by atomic mass is 16.6. The second-order valence-corrected chi connectivity index (χ2v) is 6.43. The van der Waals surface area contributed by atoms with E-state index in [1.165, 1.54) is 31.3 Å². The number of methoxy groups -OCH3 is 1. The van der Waals surface area contributed by atoms with Crippen molar-refractivity contribution in [1.82, 2.24) is 0 Å². The van der Waals surface area contributed by atoms with Gasteiger partial charge in [0.1, 0.15) is 0 Å². The van der Waals surface area contributed by atoms with Crippen molar-refractivity contribution in [2.24, 2.45) is 23.2 Å². The molecule has 17 heavy (non-hydrogen) atoms. The Kier molecular flexibility index (Phi) is 2.47. The van der Waals surface area contributed by atoms with Crippen LogP contribution in [0.3, 0.4) is 0 Å². The van der Waals surface area contributed by atoms with Crippen LogP contribution in [0.5, 0.6) is 0 Å². The summed E-state index contributed by atoms with van der Waals surface area (Å²) in [6.07, 6.45) is 7.45. The van der Waals surface area contributed by atoms with Gasteiger partial charge in [-0.05, 0) is 37.0 Å². The van der Waals surface area contributed by atoms with Crippen LogP contribution in [0.2, 0.25) is 0 Å². The molecule has 0 saturated heterocycles. The quantitative estimate of drug-likeness (QED) is 0.589. The molecule has 0 radical (unpaired) electrons. The molecule has 2 heteroatoms. The second kappa shape index (κ2) is 3.58. The van der Waals surface area contributed by atoms with Gasteiger partial charge in [-0.2, -0.15) is 0 Å². The number of aliphatic hydroxyl groups is 1. The summed E-state index contributed by atoms with van der Waals surface area (Å²) in [6.45, 7) is 6.67. The van der Waals surface area contributed by atoms with Crippen LogP contribution in [0, 0.1) is 23.2 Å². The molecule has 0 spiro atoms. The Labute approximate surface area is 104 Å². The normalized spacial score (nSPS) is 50.4. The standard InChI is InChI=1S/C15H24O2/c1-10-12-8-9-13(15(12,16)17-3)14(10,2)11-6-4-5-7-11/h11-13,16H,1,4-9H2,2-3H3/t12-,13+,14+,15+/m1/s1. The van der Waals surface area contributed by atoms with Crippen LogP contribution in [0.25, 0.3) is 0 Å². The Morgan fingerprint density at radius 1 is 1.24 bits per heavy atom. The lowest BCUT2D eigenvalue weighted by molar-refractivity contribution is -0.223. The fourth-order valence-corrected chi connectivity index (χ4v) is 5.10. The Morgan fingerprint density at radius 2 is 1.88 bits per heavy atom. The van der Waals surface area contributed by atoms with Crippen LogP contribution in [0.1, 0.15) is 45.4 Å². The van der Waals surface area contributed by atoms with E-state index in [0.717, 1.165) is 12.8 Å². The molecule has 0 unspecified atom stereocenters. The topological polar surface area (TPSA) is 29.5 Å². The SMILES string of the molecule is C=C1[C@H]2CC[C@H]([C@@]2(O)OC)[C@]1(C)C1CCCC1. The van der Waals surface area contributed by atoms with E-state index >= 15 is 0 Å². The summed E-state index contributed by atoms with van der Waals surface area (Å²) >= 11 is 0. The van der Waals surface area contributed by atoms with Crippen LogP contribution in [0.15, 0.2) is 12.2 Å². The molecule has 2 nitrogen and oxygen atoms in total. The molecular weight excluding hydrogens is 212 g/mol. The van der Waals surface area contributed by atoms with Crippen molar-refractivity contribution in [2.75, 3.05) is 7.11 Å². The Balaban J connectivity index is 1.99. The van der Waals surface area contributed by atoms with E-state index < -0.39 is 5.79 Å². The van der Waals surface area contributed by atoms with Gasteiger partial charge in [-0.25, -0.2) is 0 Å². The van der Waals surface area contributed by atoms with Crippen molar-refractivity contribution in [1.29, 1.82) is 0 Å². The minimum atomic E-state index is -0.922. The molecule has 0 aliphatic heterocycles. The highest BCUT2D eigenvalue weighted by Crippen LogP contribution is 2.68. The van der Waals surface area contributed by atoms with Gasteiger partial charge >= 0.3 is 0 Å². The van der Waals surface area contributed by atoms with Crippen molar-refractivity contribution >= 4 is 0 Å². The number of rotatable bonds is 2. The molecule has 96 valence electrons. The van der Waals surface area contributed by atoms with E-state index in [0.29, 0.717) is 5.92 Å². The van der Waals surface area contributed by atoms with Gasteiger partial charge in [0.25, 0.3) is 0 Å². The fourth-order valence-electron chi connectivity index (χ4n) is 5.10. The molecule has 0 aromatic carbocycles. The summed E-state index contributed by atoms with van der Waals surface area (Å²) in [5.41, 5.74) is 1.38. The van der Waals surface area contributed by atoms with E-state index in [2.05, 4.69) is 13.5 Å². The maximum Gasteiger partial charge on any atom is 0.175 e. The van der Waals surface area contributed by atoms with Crippen LogP contribution < -0.4 is 0 Å². The van der Waals surface area contributed by atoms with E-state index in [1.54, 1.807) is 7.11 Å². The van der Waals surface area contributed by atoms with Crippen molar-refractivity contribution in [2.45, 2.75) is 51.2 Å². The molecule has 3 fully saturated rings. The Hall–Kier alpha value is -0.340. The summed E-state index contributed by atoms with van der Waals surface area (Å²) in [4.78, 5) is 0. The predicted molar refractivity (Wildman–Crippen MR) is 67.4 cm³/mol. The Morgan fingerprint density at radius 3 is 2.41 bits per heavy atom. The van der Waals surface area contributed by atoms with Crippen molar-refractivity contribution < 1.29 is 9.84 Å². The third-order valence-electron chi connectivity index (χ3n) is 6.11. The van der Waals surface area contributed by atoms with Crippen molar-refractivity contribution in [3.8, 4) is 0 Å². The first-order chi connectivity index (χ1) is 8.05. The smallest absolute Gasteiger partial charge is 0.175 e. The van der Waals surface area contributed by atoms with E-state index in [-0.39, 0.29) is 17.3 Å². The maximum atomic E-state index is 10.8. The third kappa shape index (κ3) is 1.23. The molecule has 0 heterocycles. The maximum absolute atomic E-state index is 10.8. The molecule has 3 aliphatic carbocycles. The average Bonchev–Trinajstić information content (AvgIpc) is 2.97. The zero-order chi connectivity index (χ0) is 12.3. The molecule has 2 bridgehead atoms. The van der Waals surface area contributed by atoms with Gasteiger partial charge in [-0.3, -0.25) is 0 Å². The summed E-state index contributed by atoms with van der Waals surface area (Å²) in [7, 11) is 1.65. The summed E-state index contributed by atoms with van der Waals surface area (Å²) in [5, 5.41) is 10.8. The predicted octanol–water partition coefficient (Wildman–Crippen LogP) is 3.11. The molecule has 3 saturated carbocycles. The Bertz CT molecular complexity index is 345. The zero-order valence-corrected chi connectivity index (χ0v) is 11.0. The van der Waals surface area contributed by atoms with Crippen LogP contribution in [0.4, 0.5) is 0 Å². The minimum absolute atomic E-state index is 0.115. The molecular formula is C15H24O2. The van der Waals surface area contributed by atoms with Gasteiger partial charge in [0.2, 0.25) is 0 Å². The number of hydrogen-bond acceptors (Lipinski definition) is 2. The van der Waals surface area contributed by atoms with Crippen molar-refractivity contribution in [3.05, 3.63) is 12.2 Å². The molecule has 3 aliphatic rings. The lowest BCUT2D eigenvalue weighted by Crippen LogP contribution is -2.41. The van der Waals surface area contributed by atoms with Gasteiger partial charge in [-0.15, -0.1) is 0 Å². The largest absolute Gasteiger partial charge is 0.365 e. The van der Waals surface area contributed by atoms with Gasteiger partial charge in [0.05, 0.1) is 0 Å². The van der Waals surface area contributed by atoms with Crippen LogP contribution in [-0.4, -0.2) is 18.0 Å². The molecule has 1 N–H and O–H groups in total. The summed E-state index contributed by atoms with van der Waals surface area (Å²) < 4.78 is 5.51. The van der Waals surface area contributed by atoms with E-state index in [9.17, 15) is 5.11 Å². The lowest BCUT2D eigenvalue weighted by Gasteiger charge is -2.41. The first-order valence-corrected chi connectivity index (χ1v) is 7.02. The fraction of sp³-hybridized carbons (Fsp3) is 0.867. The average molecular weight is 236 g/mol. The van der Waals surface area contributed by atoms with Crippen LogP contribution in [-0.2, 0) is 4.74 Å². The number of hydrogen-bond donors (Lipinski definition) is 1. The molecule has 0 aromatic rings. The molecule has 0 amide bonds. The molecule has 0 aromatic heterocycles. The van der Waals surface area contributed by atoms with Gasteiger partial charge in [0, 0.05) is 18.9 Å². The van der Waals surface area contributed by atoms with Gasteiger partial charge < -0.3 is 9.84 Å². The summed E-state index contributed by atoms with van der Waals surface area (Å²) in [5.74, 6) is 0.227. The first-order valence-electron chi connectivity index (χ1n) is 7.02. The monoisotopic (exact) mass is 236 g/mol. The lowest BCUT2D eigenvalue weighted by atomic mass is 9.63. The van der Waals surface area contributed by atoms with Gasteiger partial charge in [0.15, 0.2) is 5.79 Å². The van der Waals surface area contributed by atoms with Crippen molar-refractivity contribution in [3.63, 3.8) is 0 Å². The third-order valence-corrected chi connectivity index (χ3v) is 6.11. The van der Waals surface area contributed by atoms with Gasteiger partial charge in [-0.1, -0.05) is 31.9 Å². The highest BCUT2D eigenvalue weighted by molar-refractivity contribution is 5.31. The first kappa shape index (κ1) is 11.7. The second-order valence-electron chi connectivity index (χ2n) is 6.43. The molecule has 4 atom stereocenters. The van der Waals surface area contributed by atoms with E-state index in [4.69, 9.17) is 4.74 Å². The van der Waals surface area contributed by atoms with Crippen LogP contribution >= 0.6 is 0 Å². The number of fused-ring (bicyclic) bond motifs is 2.